The monoisotopic (exact) mass is 302 g/mol. The van der Waals surface area contributed by atoms with E-state index in [2.05, 4.69) is 26.8 Å². The van der Waals surface area contributed by atoms with E-state index in [1.165, 1.54) is 5.69 Å². The van der Waals surface area contributed by atoms with Crippen LogP contribution in [-0.2, 0) is 16.1 Å². The van der Waals surface area contributed by atoms with Crippen molar-refractivity contribution < 1.29 is 9.53 Å². The second-order valence-electron chi connectivity index (χ2n) is 5.84. The standard InChI is InChI=1S/C16H22N4O2/c1-10-11(2)20(12(3)18-10)6-7-22-9-13-4-5-14-15(19-13)8-17-16(14)21/h4,14H,5-9H2,1-3H3,(H,17,21). The van der Waals surface area contributed by atoms with Gasteiger partial charge in [-0.05, 0) is 27.2 Å². The molecular formula is C16H22N4O2. The van der Waals surface area contributed by atoms with Crippen LogP contribution in [0.3, 0.4) is 0 Å². The third-order valence-corrected chi connectivity index (χ3v) is 4.40. The van der Waals surface area contributed by atoms with Crippen LogP contribution in [0.25, 0.3) is 0 Å². The van der Waals surface area contributed by atoms with Crippen LogP contribution in [0, 0.1) is 26.7 Å². The Morgan fingerprint density at radius 2 is 2.23 bits per heavy atom. The Morgan fingerprint density at radius 3 is 2.95 bits per heavy atom. The van der Waals surface area contributed by atoms with E-state index in [0.29, 0.717) is 19.8 Å². The summed E-state index contributed by atoms with van der Waals surface area (Å²) in [5.41, 5.74) is 4.14. The van der Waals surface area contributed by atoms with Gasteiger partial charge in [0, 0.05) is 12.2 Å². The minimum absolute atomic E-state index is 0.0528. The van der Waals surface area contributed by atoms with E-state index in [0.717, 1.165) is 35.9 Å². The van der Waals surface area contributed by atoms with Gasteiger partial charge in [0.15, 0.2) is 0 Å². The molecule has 1 N–H and O–H groups in total. The lowest BCUT2D eigenvalue weighted by atomic mass is 9.99. The van der Waals surface area contributed by atoms with Crippen LogP contribution in [-0.4, -0.2) is 40.9 Å². The average molecular weight is 302 g/mol. The summed E-state index contributed by atoms with van der Waals surface area (Å²) in [7, 11) is 0. The number of hydrogen-bond acceptors (Lipinski definition) is 4. The molecule has 1 fully saturated rings. The van der Waals surface area contributed by atoms with Crippen molar-refractivity contribution in [2.45, 2.75) is 33.7 Å². The van der Waals surface area contributed by atoms with Crippen molar-refractivity contribution in [1.82, 2.24) is 14.9 Å². The zero-order valence-electron chi connectivity index (χ0n) is 13.3. The van der Waals surface area contributed by atoms with Crippen molar-refractivity contribution in [3.63, 3.8) is 0 Å². The Hall–Kier alpha value is -1.95. The third-order valence-electron chi connectivity index (χ3n) is 4.40. The average Bonchev–Trinajstić information content (AvgIpc) is 2.97. The van der Waals surface area contributed by atoms with E-state index in [1.807, 2.05) is 19.9 Å². The van der Waals surface area contributed by atoms with Crippen LogP contribution < -0.4 is 5.32 Å². The fourth-order valence-electron chi connectivity index (χ4n) is 3.00. The quantitative estimate of drug-likeness (QED) is 0.834. The number of carbonyl (C=O) groups is 1. The molecule has 0 saturated carbocycles. The number of aromatic nitrogens is 2. The normalized spacial score (nSPS) is 20.5. The molecule has 3 rings (SSSR count). The van der Waals surface area contributed by atoms with Gasteiger partial charge in [-0.2, -0.15) is 0 Å². The van der Waals surface area contributed by atoms with Crippen molar-refractivity contribution >= 4 is 11.6 Å². The number of hydrogen-bond donors (Lipinski definition) is 1. The van der Waals surface area contributed by atoms with Gasteiger partial charge in [-0.15, -0.1) is 0 Å². The molecule has 22 heavy (non-hydrogen) atoms. The first-order valence-corrected chi connectivity index (χ1v) is 7.68. The van der Waals surface area contributed by atoms with Gasteiger partial charge in [-0.1, -0.05) is 6.08 Å². The fourth-order valence-corrected chi connectivity index (χ4v) is 3.00. The highest BCUT2D eigenvalue weighted by Crippen LogP contribution is 2.21. The number of allylic oxidation sites excluding steroid dienone is 1. The maximum Gasteiger partial charge on any atom is 0.229 e. The molecule has 2 aliphatic rings. The van der Waals surface area contributed by atoms with Gasteiger partial charge in [0.2, 0.25) is 5.91 Å². The molecule has 1 amide bonds. The predicted octanol–water partition coefficient (Wildman–Crippen LogP) is 1.30. The largest absolute Gasteiger partial charge is 0.373 e. The van der Waals surface area contributed by atoms with Crippen LogP contribution >= 0.6 is 0 Å². The number of nitrogens with one attached hydrogen (secondary N) is 1. The molecule has 1 aromatic rings. The van der Waals surface area contributed by atoms with E-state index >= 15 is 0 Å². The van der Waals surface area contributed by atoms with Gasteiger partial charge >= 0.3 is 0 Å². The second-order valence-corrected chi connectivity index (χ2v) is 5.84. The van der Waals surface area contributed by atoms with Crippen LogP contribution in [0.15, 0.2) is 16.8 Å². The van der Waals surface area contributed by atoms with Crippen LogP contribution in [0.4, 0.5) is 0 Å². The molecule has 118 valence electrons. The van der Waals surface area contributed by atoms with Gasteiger partial charge < -0.3 is 14.6 Å². The van der Waals surface area contributed by atoms with Gasteiger partial charge in [0.25, 0.3) is 0 Å². The van der Waals surface area contributed by atoms with Gasteiger partial charge in [0.05, 0.1) is 42.8 Å². The van der Waals surface area contributed by atoms with E-state index < -0.39 is 0 Å². The molecule has 0 bridgehead atoms. The van der Waals surface area contributed by atoms with Crippen molar-refractivity contribution in [2.24, 2.45) is 10.9 Å². The lowest BCUT2D eigenvalue weighted by molar-refractivity contribution is -0.121. The zero-order chi connectivity index (χ0) is 15.7. The Balaban J connectivity index is 1.49. The Kier molecular flexibility index (Phi) is 4.11. The number of carbonyl (C=O) groups excluding carboxylic acids is 1. The van der Waals surface area contributed by atoms with Gasteiger partial charge in [0.1, 0.15) is 5.82 Å². The molecule has 0 radical (unpaired) electrons. The number of nitrogens with zero attached hydrogens (tertiary/aromatic N) is 3. The van der Waals surface area contributed by atoms with E-state index in [1.54, 1.807) is 0 Å². The molecule has 6 heteroatoms. The van der Waals surface area contributed by atoms with Crippen LogP contribution in [0.5, 0.6) is 0 Å². The molecule has 3 heterocycles. The maximum atomic E-state index is 11.5. The minimum atomic E-state index is -0.0528. The summed E-state index contributed by atoms with van der Waals surface area (Å²) in [6.45, 7) is 8.61. The highest BCUT2D eigenvalue weighted by molar-refractivity contribution is 6.11. The summed E-state index contributed by atoms with van der Waals surface area (Å²) >= 11 is 0. The lowest BCUT2D eigenvalue weighted by Crippen LogP contribution is -2.21. The highest BCUT2D eigenvalue weighted by Gasteiger charge is 2.32. The van der Waals surface area contributed by atoms with Crippen molar-refractivity contribution in [1.29, 1.82) is 0 Å². The molecule has 6 nitrogen and oxygen atoms in total. The number of fused-ring (bicyclic) bond motifs is 1. The Bertz CT molecular complexity index is 657. The number of aryl methyl sites for hydroxylation is 2. The van der Waals surface area contributed by atoms with E-state index in [-0.39, 0.29) is 11.8 Å². The van der Waals surface area contributed by atoms with Crippen LogP contribution in [0.1, 0.15) is 23.6 Å². The van der Waals surface area contributed by atoms with Crippen molar-refractivity contribution in [3.05, 3.63) is 29.0 Å². The molecule has 0 spiro atoms. The van der Waals surface area contributed by atoms with E-state index in [9.17, 15) is 4.79 Å². The van der Waals surface area contributed by atoms with Gasteiger partial charge in [-0.3, -0.25) is 9.79 Å². The third kappa shape index (κ3) is 2.83. The summed E-state index contributed by atoms with van der Waals surface area (Å²) in [6, 6.07) is 0. The number of ether oxygens (including phenoxy) is 1. The van der Waals surface area contributed by atoms with Crippen LogP contribution in [0.2, 0.25) is 0 Å². The number of imidazole rings is 1. The molecule has 1 aromatic heterocycles. The van der Waals surface area contributed by atoms with Crippen molar-refractivity contribution in [3.8, 4) is 0 Å². The first kappa shape index (κ1) is 15.0. The summed E-state index contributed by atoms with van der Waals surface area (Å²) in [5.74, 6) is 1.06. The Morgan fingerprint density at radius 1 is 1.41 bits per heavy atom. The van der Waals surface area contributed by atoms with Crippen molar-refractivity contribution in [2.75, 3.05) is 19.8 Å². The topological polar surface area (TPSA) is 68.5 Å². The summed E-state index contributed by atoms with van der Waals surface area (Å²) in [4.78, 5) is 20.5. The Labute approximate surface area is 130 Å². The number of rotatable bonds is 5. The molecule has 0 aromatic carbocycles. The summed E-state index contributed by atoms with van der Waals surface area (Å²) < 4.78 is 7.91. The summed E-state index contributed by atoms with van der Waals surface area (Å²) in [6.07, 6.45) is 2.75. The predicted molar refractivity (Wildman–Crippen MR) is 83.9 cm³/mol. The smallest absolute Gasteiger partial charge is 0.229 e. The maximum absolute atomic E-state index is 11.5. The number of amides is 1. The minimum Gasteiger partial charge on any atom is -0.373 e. The summed E-state index contributed by atoms with van der Waals surface area (Å²) in [5, 5.41) is 2.83. The molecule has 0 aliphatic carbocycles. The molecule has 1 unspecified atom stereocenters. The zero-order valence-corrected chi connectivity index (χ0v) is 13.3. The van der Waals surface area contributed by atoms with E-state index in [4.69, 9.17) is 4.74 Å². The molecule has 1 atom stereocenters. The number of aliphatic imine (C=N–C) groups is 1. The molecular weight excluding hydrogens is 280 g/mol. The first-order chi connectivity index (χ1) is 10.6. The molecule has 1 saturated heterocycles. The molecule has 2 aliphatic heterocycles. The van der Waals surface area contributed by atoms with Gasteiger partial charge in [-0.25, -0.2) is 4.98 Å². The first-order valence-electron chi connectivity index (χ1n) is 7.68. The second kappa shape index (κ2) is 6.04. The SMILES string of the molecule is Cc1nc(C)n(CCOCC2=CCC3C(=O)NCC3=N2)c1C. The highest BCUT2D eigenvalue weighted by atomic mass is 16.5. The fraction of sp³-hybridized carbons (Fsp3) is 0.562. The lowest BCUT2D eigenvalue weighted by Gasteiger charge is -2.14.